The Morgan fingerprint density at radius 1 is 1.00 bits per heavy atom. The number of rotatable bonds is 2. The summed E-state index contributed by atoms with van der Waals surface area (Å²) in [5, 5.41) is 11.4. The number of fused-ring (bicyclic) bond motifs is 2. The molecule has 0 bridgehead atoms. The lowest BCUT2D eigenvalue weighted by Crippen LogP contribution is -2.44. The van der Waals surface area contributed by atoms with Crippen LogP contribution in [0, 0.1) is 0 Å². The Hall–Kier alpha value is -2.29. The van der Waals surface area contributed by atoms with Gasteiger partial charge < -0.3 is 14.8 Å². The second kappa shape index (κ2) is 5.00. The highest BCUT2D eigenvalue weighted by Gasteiger charge is 2.24. The normalized spacial score (nSPS) is 14.9. The summed E-state index contributed by atoms with van der Waals surface area (Å²) in [6.45, 7) is 1.67. The molecule has 2 aromatic rings. The standard InChI is InChI=1S/C17H17NO2/c1-12(17(19)20)18-15-8-4-2-6-13(15)10-11-14-7-3-5-9-16(14)18/h2-9,12H,10-11H2,1H3,(H,19,20)/p-1/t12-/m0/s1. The van der Waals surface area contributed by atoms with Crippen LogP contribution in [-0.2, 0) is 17.6 Å². The average molecular weight is 266 g/mol. The SMILES string of the molecule is C[C@@H](C(=O)[O-])N1c2ccccc2CCc2ccccc21. The summed E-state index contributed by atoms with van der Waals surface area (Å²) in [6, 6.07) is 15.3. The van der Waals surface area contributed by atoms with E-state index in [9.17, 15) is 9.90 Å². The predicted molar refractivity (Wildman–Crippen MR) is 76.9 cm³/mol. The molecule has 1 heterocycles. The highest BCUT2D eigenvalue weighted by atomic mass is 16.4. The summed E-state index contributed by atoms with van der Waals surface area (Å²) < 4.78 is 0. The zero-order valence-electron chi connectivity index (χ0n) is 11.4. The van der Waals surface area contributed by atoms with Crippen LogP contribution in [0.2, 0.25) is 0 Å². The van der Waals surface area contributed by atoms with Crippen molar-refractivity contribution >= 4 is 17.3 Å². The first-order valence-corrected chi connectivity index (χ1v) is 6.84. The van der Waals surface area contributed by atoms with E-state index in [0.717, 1.165) is 24.2 Å². The van der Waals surface area contributed by atoms with E-state index in [1.54, 1.807) is 6.92 Å². The van der Waals surface area contributed by atoms with Crippen molar-refractivity contribution in [1.82, 2.24) is 0 Å². The van der Waals surface area contributed by atoms with Gasteiger partial charge in [0.1, 0.15) is 0 Å². The van der Waals surface area contributed by atoms with Crippen molar-refractivity contribution in [3.05, 3.63) is 59.7 Å². The second-order valence-corrected chi connectivity index (χ2v) is 5.12. The molecule has 0 amide bonds. The molecule has 0 N–H and O–H groups in total. The Kier molecular flexibility index (Phi) is 3.18. The van der Waals surface area contributed by atoms with Crippen LogP contribution in [0.3, 0.4) is 0 Å². The predicted octanol–water partition coefficient (Wildman–Crippen LogP) is 2.06. The van der Waals surface area contributed by atoms with Crippen molar-refractivity contribution in [3.8, 4) is 0 Å². The number of carboxylic acid groups (broad SMARTS) is 1. The van der Waals surface area contributed by atoms with Gasteiger partial charge >= 0.3 is 0 Å². The van der Waals surface area contributed by atoms with Crippen molar-refractivity contribution in [2.75, 3.05) is 4.90 Å². The van der Waals surface area contributed by atoms with Crippen molar-refractivity contribution in [2.24, 2.45) is 0 Å². The molecule has 0 spiro atoms. The number of benzene rings is 2. The fourth-order valence-electron chi connectivity index (χ4n) is 2.84. The molecule has 0 saturated carbocycles. The van der Waals surface area contributed by atoms with E-state index in [0.29, 0.717) is 0 Å². The van der Waals surface area contributed by atoms with Gasteiger partial charge in [-0.05, 0) is 43.0 Å². The summed E-state index contributed by atoms with van der Waals surface area (Å²) in [7, 11) is 0. The molecule has 3 rings (SSSR count). The summed E-state index contributed by atoms with van der Waals surface area (Å²) in [4.78, 5) is 13.3. The van der Waals surface area contributed by atoms with Gasteiger partial charge in [-0.3, -0.25) is 0 Å². The summed E-state index contributed by atoms with van der Waals surface area (Å²) in [5.41, 5.74) is 4.29. The molecule has 0 saturated heterocycles. The Balaban J connectivity index is 2.21. The maximum atomic E-state index is 11.4. The molecule has 0 aromatic heterocycles. The van der Waals surface area contributed by atoms with E-state index in [1.165, 1.54) is 11.1 Å². The Morgan fingerprint density at radius 3 is 1.90 bits per heavy atom. The fourth-order valence-corrected chi connectivity index (χ4v) is 2.84. The Morgan fingerprint density at radius 2 is 1.45 bits per heavy atom. The van der Waals surface area contributed by atoms with Crippen LogP contribution in [0.4, 0.5) is 11.4 Å². The Labute approximate surface area is 118 Å². The van der Waals surface area contributed by atoms with Crippen molar-refractivity contribution in [2.45, 2.75) is 25.8 Å². The largest absolute Gasteiger partial charge is 0.548 e. The van der Waals surface area contributed by atoms with E-state index in [-0.39, 0.29) is 0 Å². The third-order valence-electron chi connectivity index (χ3n) is 3.89. The van der Waals surface area contributed by atoms with Gasteiger partial charge in [-0.2, -0.15) is 0 Å². The van der Waals surface area contributed by atoms with Crippen LogP contribution in [0.25, 0.3) is 0 Å². The zero-order valence-corrected chi connectivity index (χ0v) is 11.4. The van der Waals surface area contributed by atoms with Gasteiger partial charge in [0, 0.05) is 11.4 Å². The quantitative estimate of drug-likeness (QED) is 0.835. The van der Waals surface area contributed by atoms with Gasteiger partial charge in [-0.15, -0.1) is 0 Å². The number of carbonyl (C=O) groups is 1. The van der Waals surface area contributed by atoms with Crippen LogP contribution < -0.4 is 10.0 Å². The monoisotopic (exact) mass is 266 g/mol. The van der Waals surface area contributed by atoms with Gasteiger partial charge in [-0.1, -0.05) is 36.4 Å². The van der Waals surface area contributed by atoms with Crippen LogP contribution in [0.5, 0.6) is 0 Å². The van der Waals surface area contributed by atoms with Gasteiger partial charge in [0.15, 0.2) is 0 Å². The molecule has 2 aromatic carbocycles. The van der Waals surface area contributed by atoms with Crippen molar-refractivity contribution in [1.29, 1.82) is 0 Å². The first-order chi connectivity index (χ1) is 9.68. The first kappa shape index (κ1) is 12.7. The molecular weight excluding hydrogens is 250 g/mol. The topological polar surface area (TPSA) is 43.4 Å². The molecule has 1 aliphatic heterocycles. The van der Waals surface area contributed by atoms with Gasteiger partial charge in [0.25, 0.3) is 0 Å². The molecule has 102 valence electrons. The third kappa shape index (κ3) is 2.05. The van der Waals surface area contributed by atoms with Gasteiger partial charge in [0.2, 0.25) is 0 Å². The molecule has 1 atom stereocenters. The highest BCUT2D eigenvalue weighted by Crippen LogP contribution is 2.37. The van der Waals surface area contributed by atoms with E-state index < -0.39 is 12.0 Å². The highest BCUT2D eigenvalue weighted by molar-refractivity contribution is 5.83. The number of anilines is 2. The molecule has 1 aliphatic rings. The maximum absolute atomic E-state index is 11.4. The minimum absolute atomic E-state index is 0.699. The molecule has 0 radical (unpaired) electrons. The number of hydrogen-bond donors (Lipinski definition) is 0. The maximum Gasteiger partial charge on any atom is 0.0708 e. The lowest BCUT2D eigenvalue weighted by Gasteiger charge is -2.33. The van der Waals surface area contributed by atoms with Crippen LogP contribution >= 0.6 is 0 Å². The van der Waals surface area contributed by atoms with E-state index in [1.807, 2.05) is 41.3 Å². The van der Waals surface area contributed by atoms with E-state index in [2.05, 4.69) is 12.1 Å². The van der Waals surface area contributed by atoms with Crippen LogP contribution in [0.1, 0.15) is 18.1 Å². The van der Waals surface area contributed by atoms with Crippen LogP contribution in [-0.4, -0.2) is 12.0 Å². The van der Waals surface area contributed by atoms with Crippen molar-refractivity contribution in [3.63, 3.8) is 0 Å². The average Bonchev–Trinajstić information content (AvgIpc) is 2.63. The van der Waals surface area contributed by atoms with Gasteiger partial charge in [-0.25, -0.2) is 0 Å². The number of nitrogens with zero attached hydrogens (tertiary/aromatic N) is 1. The van der Waals surface area contributed by atoms with Crippen molar-refractivity contribution < 1.29 is 9.90 Å². The van der Waals surface area contributed by atoms with Gasteiger partial charge in [0.05, 0.1) is 12.0 Å². The smallest absolute Gasteiger partial charge is 0.0708 e. The number of aliphatic carboxylic acids is 1. The molecule has 0 unspecified atom stereocenters. The van der Waals surface area contributed by atoms with E-state index in [4.69, 9.17) is 0 Å². The molecule has 0 aliphatic carbocycles. The zero-order chi connectivity index (χ0) is 14.1. The second-order valence-electron chi connectivity index (χ2n) is 5.12. The minimum Gasteiger partial charge on any atom is -0.548 e. The minimum atomic E-state index is -1.06. The fraction of sp³-hybridized carbons (Fsp3) is 0.235. The summed E-state index contributed by atoms with van der Waals surface area (Å²) in [6.07, 6.45) is 1.84. The molecule has 3 heteroatoms. The lowest BCUT2D eigenvalue weighted by atomic mass is 10.0. The Bertz CT molecular complexity index is 603. The van der Waals surface area contributed by atoms with Crippen LogP contribution in [0.15, 0.2) is 48.5 Å². The first-order valence-electron chi connectivity index (χ1n) is 6.84. The number of carboxylic acids is 1. The number of para-hydroxylation sites is 2. The third-order valence-corrected chi connectivity index (χ3v) is 3.89. The molecule has 3 nitrogen and oxygen atoms in total. The molecular formula is C17H16NO2-. The number of hydrogen-bond acceptors (Lipinski definition) is 3. The molecule has 0 fully saturated rings. The number of aryl methyl sites for hydroxylation is 2. The summed E-state index contributed by atoms with van der Waals surface area (Å²) >= 11 is 0. The summed E-state index contributed by atoms with van der Waals surface area (Å²) in [5.74, 6) is -1.06. The number of carbonyl (C=O) groups excluding carboxylic acids is 1. The van der Waals surface area contributed by atoms with E-state index >= 15 is 0 Å². The lowest BCUT2D eigenvalue weighted by molar-refractivity contribution is -0.306. The molecule has 20 heavy (non-hydrogen) atoms.